The minimum Gasteiger partial charge on any atom is -0.348 e. The molecule has 2 aliphatic heterocycles. The maximum atomic E-state index is 5.58. The number of likely N-dealkylation sites (tertiary alicyclic amines) is 1. The van der Waals surface area contributed by atoms with Crippen LogP contribution in [0.5, 0.6) is 0 Å². The summed E-state index contributed by atoms with van der Waals surface area (Å²) < 4.78 is 11.2. The lowest BCUT2D eigenvalue weighted by molar-refractivity contribution is -0.148. The molecule has 0 aromatic rings. The highest BCUT2D eigenvalue weighted by atomic mass is 16.7. The normalized spacial score (nSPS) is 27.0. The highest BCUT2D eigenvalue weighted by Gasteiger charge is 2.30. The lowest BCUT2D eigenvalue weighted by Crippen LogP contribution is -2.33. The van der Waals surface area contributed by atoms with Crippen molar-refractivity contribution in [1.29, 1.82) is 0 Å². The van der Waals surface area contributed by atoms with Gasteiger partial charge in [-0.05, 0) is 52.2 Å². The Bertz CT molecular complexity index is 184. The Balaban J connectivity index is 1.61. The van der Waals surface area contributed by atoms with Crippen LogP contribution in [-0.4, -0.2) is 43.5 Å². The second-order valence-corrected chi connectivity index (χ2v) is 4.64. The third-order valence-electron chi connectivity index (χ3n) is 3.30. The molecule has 15 heavy (non-hydrogen) atoms. The molecule has 0 aromatic carbocycles. The average Bonchev–Trinajstić information content (AvgIpc) is 2.67. The van der Waals surface area contributed by atoms with E-state index in [0.717, 1.165) is 19.6 Å². The molecular formula is C12H22NO2. The first kappa shape index (κ1) is 11.4. The molecule has 0 amide bonds. The van der Waals surface area contributed by atoms with Gasteiger partial charge in [0.25, 0.3) is 0 Å². The third kappa shape index (κ3) is 3.44. The molecule has 3 nitrogen and oxygen atoms in total. The summed E-state index contributed by atoms with van der Waals surface area (Å²) in [7, 11) is 0. The van der Waals surface area contributed by atoms with E-state index in [1.165, 1.54) is 38.9 Å². The van der Waals surface area contributed by atoms with Crippen molar-refractivity contribution in [3.05, 3.63) is 6.42 Å². The molecule has 3 heteroatoms. The minimum atomic E-state index is -0.290. The minimum absolute atomic E-state index is 0.290. The number of piperidine rings is 1. The molecule has 2 fully saturated rings. The highest BCUT2D eigenvalue weighted by molar-refractivity contribution is 4.77. The van der Waals surface area contributed by atoms with Gasteiger partial charge in [-0.3, -0.25) is 0 Å². The molecule has 87 valence electrons. The van der Waals surface area contributed by atoms with Crippen LogP contribution in [0.2, 0.25) is 0 Å². The molecule has 0 spiro atoms. The first-order valence-electron chi connectivity index (χ1n) is 6.10. The molecule has 0 N–H and O–H groups in total. The smallest absolute Gasteiger partial charge is 0.165 e. The Hall–Kier alpha value is -0.120. The van der Waals surface area contributed by atoms with Crippen LogP contribution in [-0.2, 0) is 9.47 Å². The SMILES string of the molecule is CC1(CCCN2CC[CH]CC2)OCCO1. The van der Waals surface area contributed by atoms with Crippen LogP contribution >= 0.6 is 0 Å². The van der Waals surface area contributed by atoms with E-state index in [-0.39, 0.29) is 5.79 Å². The first-order valence-corrected chi connectivity index (χ1v) is 6.10. The van der Waals surface area contributed by atoms with Gasteiger partial charge in [-0.1, -0.05) is 0 Å². The van der Waals surface area contributed by atoms with Gasteiger partial charge >= 0.3 is 0 Å². The Kier molecular flexibility index (Phi) is 4.00. The van der Waals surface area contributed by atoms with E-state index >= 15 is 0 Å². The molecule has 0 aromatic heterocycles. The molecule has 0 unspecified atom stereocenters. The molecule has 0 bridgehead atoms. The lowest BCUT2D eigenvalue weighted by atomic mass is 10.1. The van der Waals surface area contributed by atoms with Gasteiger partial charge in [-0.2, -0.15) is 0 Å². The van der Waals surface area contributed by atoms with E-state index in [4.69, 9.17) is 9.47 Å². The molecule has 2 aliphatic rings. The molecule has 2 rings (SSSR count). The second kappa shape index (κ2) is 5.28. The molecule has 1 radical (unpaired) electrons. The Labute approximate surface area is 92.7 Å². The number of ether oxygens (including phenoxy) is 2. The van der Waals surface area contributed by atoms with Crippen molar-refractivity contribution in [2.75, 3.05) is 32.8 Å². The van der Waals surface area contributed by atoms with Crippen molar-refractivity contribution >= 4 is 0 Å². The Morgan fingerprint density at radius 2 is 1.87 bits per heavy atom. The third-order valence-corrected chi connectivity index (χ3v) is 3.30. The largest absolute Gasteiger partial charge is 0.348 e. The number of rotatable bonds is 4. The summed E-state index contributed by atoms with van der Waals surface area (Å²) in [6.45, 7) is 7.24. The van der Waals surface area contributed by atoms with Crippen LogP contribution in [0.15, 0.2) is 0 Å². The fourth-order valence-corrected chi connectivity index (χ4v) is 2.35. The zero-order valence-electron chi connectivity index (χ0n) is 9.71. The topological polar surface area (TPSA) is 21.7 Å². The molecule has 0 saturated carbocycles. The van der Waals surface area contributed by atoms with E-state index in [1.54, 1.807) is 0 Å². The molecule has 0 aliphatic carbocycles. The van der Waals surface area contributed by atoms with Crippen LogP contribution in [0.25, 0.3) is 0 Å². The van der Waals surface area contributed by atoms with Crippen molar-refractivity contribution < 1.29 is 9.47 Å². The van der Waals surface area contributed by atoms with Crippen molar-refractivity contribution in [3.63, 3.8) is 0 Å². The van der Waals surface area contributed by atoms with E-state index in [2.05, 4.69) is 18.2 Å². The summed E-state index contributed by atoms with van der Waals surface area (Å²) in [6.07, 6.45) is 7.10. The van der Waals surface area contributed by atoms with Gasteiger partial charge in [0.15, 0.2) is 5.79 Å². The monoisotopic (exact) mass is 212 g/mol. The molecule has 2 saturated heterocycles. The van der Waals surface area contributed by atoms with Crippen LogP contribution < -0.4 is 0 Å². The quantitative estimate of drug-likeness (QED) is 0.709. The van der Waals surface area contributed by atoms with Crippen LogP contribution in [0.3, 0.4) is 0 Å². The fraction of sp³-hybridized carbons (Fsp3) is 0.917. The van der Waals surface area contributed by atoms with Crippen molar-refractivity contribution in [2.24, 2.45) is 0 Å². The Morgan fingerprint density at radius 1 is 1.20 bits per heavy atom. The van der Waals surface area contributed by atoms with E-state index in [9.17, 15) is 0 Å². The van der Waals surface area contributed by atoms with Gasteiger partial charge in [0.2, 0.25) is 0 Å². The van der Waals surface area contributed by atoms with Crippen molar-refractivity contribution in [2.45, 2.75) is 38.4 Å². The van der Waals surface area contributed by atoms with Crippen LogP contribution in [0.4, 0.5) is 0 Å². The van der Waals surface area contributed by atoms with Gasteiger partial charge in [0.05, 0.1) is 13.2 Å². The summed E-state index contributed by atoms with van der Waals surface area (Å²) >= 11 is 0. The summed E-state index contributed by atoms with van der Waals surface area (Å²) in [4.78, 5) is 2.54. The van der Waals surface area contributed by atoms with Gasteiger partial charge < -0.3 is 14.4 Å². The first-order chi connectivity index (χ1) is 7.29. The zero-order valence-corrected chi connectivity index (χ0v) is 9.71. The van der Waals surface area contributed by atoms with E-state index in [0.29, 0.717) is 0 Å². The summed E-state index contributed by atoms with van der Waals surface area (Å²) in [5, 5.41) is 0. The number of nitrogens with zero attached hydrogens (tertiary/aromatic N) is 1. The van der Waals surface area contributed by atoms with E-state index < -0.39 is 0 Å². The molecular weight excluding hydrogens is 190 g/mol. The number of hydrogen-bond acceptors (Lipinski definition) is 3. The van der Waals surface area contributed by atoms with Gasteiger partial charge in [0.1, 0.15) is 0 Å². The van der Waals surface area contributed by atoms with Crippen LogP contribution in [0.1, 0.15) is 32.6 Å². The molecule has 2 heterocycles. The van der Waals surface area contributed by atoms with Gasteiger partial charge in [0, 0.05) is 6.42 Å². The zero-order chi connectivity index (χ0) is 10.6. The van der Waals surface area contributed by atoms with Crippen molar-refractivity contribution in [1.82, 2.24) is 4.90 Å². The summed E-state index contributed by atoms with van der Waals surface area (Å²) in [5.74, 6) is -0.290. The summed E-state index contributed by atoms with van der Waals surface area (Å²) in [5.41, 5.74) is 0. The van der Waals surface area contributed by atoms with Gasteiger partial charge in [-0.25, -0.2) is 0 Å². The predicted molar refractivity (Wildman–Crippen MR) is 59.5 cm³/mol. The predicted octanol–water partition coefficient (Wildman–Crippen LogP) is 1.83. The molecule has 0 atom stereocenters. The average molecular weight is 212 g/mol. The maximum Gasteiger partial charge on any atom is 0.165 e. The number of hydrogen-bond donors (Lipinski definition) is 0. The Morgan fingerprint density at radius 3 is 2.53 bits per heavy atom. The highest BCUT2D eigenvalue weighted by Crippen LogP contribution is 2.24. The standard InChI is InChI=1S/C12H22NO2/c1-12(14-10-11-15-12)6-5-9-13-7-3-2-4-8-13/h2H,3-11H2,1H3. The fourth-order valence-electron chi connectivity index (χ4n) is 2.35. The van der Waals surface area contributed by atoms with Crippen molar-refractivity contribution in [3.8, 4) is 0 Å². The lowest BCUT2D eigenvalue weighted by Gasteiger charge is -2.28. The van der Waals surface area contributed by atoms with Crippen LogP contribution in [0, 0.1) is 6.42 Å². The van der Waals surface area contributed by atoms with E-state index in [1.807, 2.05) is 0 Å². The maximum absolute atomic E-state index is 5.58. The summed E-state index contributed by atoms with van der Waals surface area (Å²) in [6, 6.07) is 0. The second-order valence-electron chi connectivity index (χ2n) is 4.64. The van der Waals surface area contributed by atoms with Gasteiger partial charge in [-0.15, -0.1) is 0 Å².